The van der Waals surface area contributed by atoms with E-state index in [1.54, 1.807) is 6.33 Å². The number of rotatable bonds is 3. The van der Waals surface area contributed by atoms with Crippen LogP contribution in [-0.4, -0.2) is 14.8 Å². The Labute approximate surface area is 71.4 Å². The van der Waals surface area contributed by atoms with Gasteiger partial charge in [-0.25, -0.2) is 0 Å². The molecule has 1 unspecified atom stereocenters. The van der Waals surface area contributed by atoms with E-state index in [4.69, 9.17) is 11.6 Å². The Morgan fingerprint density at radius 3 is 2.91 bits per heavy atom. The van der Waals surface area contributed by atoms with E-state index >= 15 is 0 Å². The lowest BCUT2D eigenvalue weighted by atomic mass is 10.2. The molecule has 0 saturated heterocycles. The van der Waals surface area contributed by atoms with Gasteiger partial charge in [0, 0.05) is 6.04 Å². The molecule has 0 aliphatic rings. The molecule has 0 aliphatic carbocycles. The highest BCUT2D eigenvalue weighted by Crippen LogP contribution is 2.16. The first-order valence-corrected chi connectivity index (χ1v) is 4.18. The first kappa shape index (κ1) is 8.53. The number of nitrogens with zero attached hydrogens (tertiary/aromatic N) is 3. The molecule has 0 saturated carbocycles. The average Bonchev–Trinajstić information content (AvgIpc) is 2.36. The molecule has 1 rings (SSSR count). The SMILES string of the molecule is CCCC(C)n1cnnc1Cl. The van der Waals surface area contributed by atoms with Crippen LogP contribution in [0, 0.1) is 0 Å². The summed E-state index contributed by atoms with van der Waals surface area (Å²) in [5, 5.41) is 7.88. The molecule has 1 heterocycles. The van der Waals surface area contributed by atoms with E-state index in [0.717, 1.165) is 12.8 Å². The number of aromatic nitrogens is 3. The van der Waals surface area contributed by atoms with Crippen LogP contribution in [0.5, 0.6) is 0 Å². The van der Waals surface area contributed by atoms with E-state index in [9.17, 15) is 0 Å². The van der Waals surface area contributed by atoms with Gasteiger partial charge in [0.15, 0.2) is 0 Å². The minimum absolute atomic E-state index is 0.405. The lowest BCUT2D eigenvalue weighted by Crippen LogP contribution is -2.03. The fourth-order valence-electron chi connectivity index (χ4n) is 1.08. The summed E-state index contributed by atoms with van der Waals surface area (Å²) in [5.41, 5.74) is 0. The number of hydrogen-bond donors (Lipinski definition) is 0. The van der Waals surface area contributed by atoms with E-state index in [2.05, 4.69) is 24.0 Å². The van der Waals surface area contributed by atoms with Gasteiger partial charge in [0.2, 0.25) is 5.28 Å². The maximum atomic E-state index is 5.76. The maximum absolute atomic E-state index is 5.76. The molecule has 0 aromatic carbocycles. The standard InChI is InChI=1S/C7H12ClN3/c1-3-4-6(2)11-5-9-10-7(11)8/h5-6H,3-4H2,1-2H3. The van der Waals surface area contributed by atoms with Crippen molar-refractivity contribution in [2.45, 2.75) is 32.7 Å². The molecule has 3 nitrogen and oxygen atoms in total. The van der Waals surface area contributed by atoms with Gasteiger partial charge in [-0.15, -0.1) is 10.2 Å². The van der Waals surface area contributed by atoms with Crippen molar-refractivity contribution in [3.05, 3.63) is 11.6 Å². The summed E-state index contributed by atoms with van der Waals surface area (Å²) in [6.07, 6.45) is 3.93. The quantitative estimate of drug-likeness (QED) is 0.702. The topological polar surface area (TPSA) is 30.7 Å². The van der Waals surface area contributed by atoms with Crippen LogP contribution in [0.2, 0.25) is 5.28 Å². The molecule has 4 heteroatoms. The Morgan fingerprint density at radius 1 is 1.73 bits per heavy atom. The lowest BCUT2D eigenvalue weighted by molar-refractivity contribution is 0.499. The first-order chi connectivity index (χ1) is 5.25. The molecule has 0 N–H and O–H groups in total. The Balaban J connectivity index is 2.67. The fraction of sp³-hybridized carbons (Fsp3) is 0.714. The molecule has 62 valence electrons. The molecule has 1 atom stereocenters. The van der Waals surface area contributed by atoms with Crippen molar-refractivity contribution >= 4 is 11.6 Å². The third-order valence-electron chi connectivity index (χ3n) is 1.71. The van der Waals surface area contributed by atoms with Gasteiger partial charge in [0.25, 0.3) is 0 Å². The molecular formula is C7H12ClN3. The van der Waals surface area contributed by atoms with Gasteiger partial charge in [0.1, 0.15) is 6.33 Å². The third kappa shape index (κ3) is 1.93. The van der Waals surface area contributed by atoms with Crippen LogP contribution in [0.25, 0.3) is 0 Å². The van der Waals surface area contributed by atoms with E-state index in [-0.39, 0.29) is 0 Å². The van der Waals surface area contributed by atoms with Crippen LogP contribution in [0.4, 0.5) is 0 Å². The van der Waals surface area contributed by atoms with Crippen molar-refractivity contribution in [1.82, 2.24) is 14.8 Å². The molecule has 1 aromatic rings. The minimum atomic E-state index is 0.405. The minimum Gasteiger partial charge on any atom is -0.302 e. The zero-order valence-electron chi connectivity index (χ0n) is 6.79. The van der Waals surface area contributed by atoms with Crippen molar-refractivity contribution in [2.75, 3.05) is 0 Å². The van der Waals surface area contributed by atoms with Gasteiger partial charge in [-0.05, 0) is 24.9 Å². The Morgan fingerprint density at radius 2 is 2.45 bits per heavy atom. The van der Waals surface area contributed by atoms with E-state index in [0.29, 0.717) is 11.3 Å². The van der Waals surface area contributed by atoms with Crippen LogP contribution >= 0.6 is 11.6 Å². The molecule has 0 bridgehead atoms. The maximum Gasteiger partial charge on any atom is 0.225 e. The molecule has 1 aromatic heterocycles. The molecule has 0 spiro atoms. The monoisotopic (exact) mass is 173 g/mol. The summed E-state index contributed by atoms with van der Waals surface area (Å²) in [7, 11) is 0. The zero-order chi connectivity index (χ0) is 8.27. The third-order valence-corrected chi connectivity index (χ3v) is 1.98. The van der Waals surface area contributed by atoms with Gasteiger partial charge in [-0.3, -0.25) is 0 Å². The lowest BCUT2D eigenvalue weighted by Gasteiger charge is -2.10. The molecule has 11 heavy (non-hydrogen) atoms. The smallest absolute Gasteiger partial charge is 0.225 e. The van der Waals surface area contributed by atoms with E-state index in [1.807, 2.05) is 4.57 Å². The van der Waals surface area contributed by atoms with Crippen LogP contribution in [0.3, 0.4) is 0 Å². The molecule has 0 aliphatic heterocycles. The molecule has 0 amide bonds. The second kappa shape index (κ2) is 3.72. The molecule has 0 fully saturated rings. The van der Waals surface area contributed by atoms with Crippen LogP contribution in [-0.2, 0) is 0 Å². The Hall–Kier alpha value is -0.570. The zero-order valence-corrected chi connectivity index (χ0v) is 7.54. The van der Waals surface area contributed by atoms with Gasteiger partial charge >= 0.3 is 0 Å². The average molecular weight is 174 g/mol. The van der Waals surface area contributed by atoms with Crippen molar-refractivity contribution in [3.63, 3.8) is 0 Å². The normalized spacial score (nSPS) is 13.4. The van der Waals surface area contributed by atoms with Crippen molar-refractivity contribution in [3.8, 4) is 0 Å². The van der Waals surface area contributed by atoms with Crippen LogP contribution in [0.1, 0.15) is 32.7 Å². The summed E-state index contributed by atoms with van der Waals surface area (Å²) in [4.78, 5) is 0. The van der Waals surface area contributed by atoms with Crippen molar-refractivity contribution < 1.29 is 0 Å². The number of halogens is 1. The largest absolute Gasteiger partial charge is 0.302 e. The summed E-state index contributed by atoms with van der Waals surface area (Å²) < 4.78 is 1.88. The predicted octanol–water partition coefficient (Wildman–Crippen LogP) is 2.29. The first-order valence-electron chi connectivity index (χ1n) is 3.80. The van der Waals surface area contributed by atoms with Crippen molar-refractivity contribution in [2.24, 2.45) is 0 Å². The highest BCUT2D eigenvalue weighted by Gasteiger charge is 2.06. The van der Waals surface area contributed by atoms with Crippen molar-refractivity contribution in [1.29, 1.82) is 0 Å². The Kier molecular flexibility index (Phi) is 2.88. The second-order valence-electron chi connectivity index (χ2n) is 2.64. The number of hydrogen-bond acceptors (Lipinski definition) is 2. The summed E-state index contributed by atoms with van der Waals surface area (Å²) in [6.45, 7) is 4.26. The van der Waals surface area contributed by atoms with Gasteiger partial charge in [-0.2, -0.15) is 0 Å². The summed E-state index contributed by atoms with van der Waals surface area (Å²) in [6, 6.07) is 0.405. The van der Waals surface area contributed by atoms with Gasteiger partial charge in [-0.1, -0.05) is 13.3 Å². The van der Waals surface area contributed by atoms with E-state index < -0.39 is 0 Å². The predicted molar refractivity (Wildman–Crippen MR) is 44.7 cm³/mol. The van der Waals surface area contributed by atoms with Gasteiger partial charge < -0.3 is 4.57 Å². The summed E-state index contributed by atoms with van der Waals surface area (Å²) in [5.74, 6) is 0. The Bertz CT molecular complexity index is 221. The highest BCUT2D eigenvalue weighted by atomic mass is 35.5. The van der Waals surface area contributed by atoms with Gasteiger partial charge in [0.05, 0.1) is 0 Å². The van der Waals surface area contributed by atoms with E-state index in [1.165, 1.54) is 0 Å². The summed E-state index contributed by atoms with van der Waals surface area (Å²) >= 11 is 5.76. The highest BCUT2D eigenvalue weighted by molar-refractivity contribution is 6.28. The molecule has 0 radical (unpaired) electrons. The van der Waals surface area contributed by atoms with Crippen LogP contribution < -0.4 is 0 Å². The fourth-order valence-corrected chi connectivity index (χ4v) is 1.33. The second-order valence-corrected chi connectivity index (χ2v) is 2.98. The van der Waals surface area contributed by atoms with Crippen LogP contribution in [0.15, 0.2) is 6.33 Å². The molecular weight excluding hydrogens is 162 g/mol.